The number of rotatable bonds is 1. The highest BCUT2D eigenvalue weighted by Crippen LogP contribution is 2.37. The summed E-state index contributed by atoms with van der Waals surface area (Å²) in [5, 5.41) is 2.38. The smallest absolute Gasteiger partial charge is 0.205 e. The quantitative estimate of drug-likeness (QED) is 0.562. The van der Waals surface area contributed by atoms with Crippen LogP contribution in [0.1, 0.15) is 12.0 Å². The number of hydrogen-bond donors (Lipinski definition) is 1. The van der Waals surface area contributed by atoms with E-state index in [9.17, 15) is 8.78 Å². The minimum atomic E-state index is -2.44. The summed E-state index contributed by atoms with van der Waals surface area (Å²) in [7, 11) is 0. The zero-order chi connectivity index (χ0) is 10.3. The molecule has 0 atom stereocenters. The average Bonchev–Trinajstić information content (AvgIpc) is 2.46. The Labute approximate surface area is 103 Å². The molecule has 0 nitrogen and oxygen atoms in total. The van der Waals surface area contributed by atoms with Crippen LogP contribution in [0.5, 0.6) is 0 Å². The van der Waals surface area contributed by atoms with Gasteiger partial charge in [-0.2, -0.15) is 0 Å². The molecule has 2 rings (SSSR count). The van der Waals surface area contributed by atoms with E-state index in [-0.39, 0.29) is 5.56 Å². The summed E-state index contributed by atoms with van der Waals surface area (Å²) >= 11 is 7.66. The minimum absolute atomic E-state index is 0.0816. The molecule has 0 radical (unpaired) electrons. The lowest BCUT2D eigenvalue weighted by atomic mass is 10.1. The van der Waals surface area contributed by atoms with Gasteiger partial charge in [-0.1, -0.05) is 0 Å². The van der Waals surface area contributed by atoms with Gasteiger partial charge in [-0.25, -0.2) is 8.78 Å². The molecule has 1 heterocycles. The van der Waals surface area contributed by atoms with Gasteiger partial charge in [-0.15, -0.1) is 24.0 Å². The van der Waals surface area contributed by atoms with Gasteiger partial charge in [0.25, 0.3) is 6.43 Å². The molecule has 14 heavy (non-hydrogen) atoms. The SMILES string of the molecule is FC(F)c1cc(I)cc2scc(S)c12. The third-order valence-electron chi connectivity index (χ3n) is 1.89. The molecular weight excluding hydrogens is 337 g/mol. The van der Waals surface area contributed by atoms with Crippen LogP contribution in [0.25, 0.3) is 10.1 Å². The number of thiol groups is 1. The highest BCUT2D eigenvalue weighted by atomic mass is 127. The van der Waals surface area contributed by atoms with E-state index in [0.29, 0.717) is 10.3 Å². The Morgan fingerprint density at radius 3 is 2.71 bits per heavy atom. The molecule has 0 unspecified atom stereocenters. The fourth-order valence-electron chi connectivity index (χ4n) is 1.32. The van der Waals surface area contributed by atoms with Gasteiger partial charge in [0.2, 0.25) is 0 Å². The van der Waals surface area contributed by atoms with Crippen LogP contribution in [-0.4, -0.2) is 0 Å². The van der Waals surface area contributed by atoms with E-state index < -0.39 is 6.43 Å². The Morgan fingerprint density at radius 2 is 2.07 bits per heavy atom. The van der Waals surface area contributed by atoms with Crippen molar-refractivity contribution in [2.45, 2.75) is 11.3 Å². The molecule has 1 aromatic carbocycles. The van der Waals surface area contributed by atoms with Crippen molar-refractivity contribution in [3.63, 3.8) is 0 Å². The Balaban J connectivity index is 2.83. The molecule has 5 heteroatoms. The highest BCUT2D eigenvalue weighted by Gasteiger charge is 2.15. The third kappa shape index (κ3) is 1.77. The predicted molar refractivity (Wildman–Crippen MR) is 66.8 cm³/mol. The summed E-state index contributed by atoms with van der Waals surface area (Å²) in [6.07, 6.45) is -2.44. The number of thiophene rings is 1. The molecule has 0 aliphatic carbocycles. The average molecular weight is 342 g/mol. The standard InChI is InChI=1S/C9H5F2IS2/c10-9(11)5-1-4(12)2-7-8(5)6(13)3-14-7/h1-3,9,13H. The topological polar surface area (TPSA) is 0 Å². The first-order chi connectivity index (χ1) is 6.59. The molecule has 0 fully saturated rings. The van der Waals surface area contributed by atoms with E-state index in [0.717, 1.165) is 8.27 Å². The second kappa shape index (κ2) is 3.94. The summed E-state index contributed by atoms with van der Waals surface area (Å²) in [4.78, 5) is 0.636. The van der Waals surface area contributed by atoms with E-state index in [4.69, 9.17) is 0 Å². The summed E-state index contributed by atoms with van der Waals surface area (Å²) in [5.41, 5.74) is 0.0816. The van der Waals surface area contributed by atoms with Crippen LogP contribution in [0.15, 0.2) is 22.4 Å². The highest BCUT2D eigenvalue weighted by molar-refractivity contribution is 14.1. The molecule has 0 amide bonds. The van der Waals surface area contributed by atoms with Crippen molar-refractivity contribution in [3.05, 3.63) is 26.6 Å². The maximum absolute atomic E-state index is 12.7. The number of hydrogen-bond acceptors (Lipinski definition) is 2. The lowest BCUT2D eigenvalue weighted by Gasteiger charge is -2.03. The molecule has 0 bridgehead atoms. The van der Waals surface area contributed by atoms with Crippen molar-refractivity contribution >= 4 is 56.6 Å². The molecule has 0 aliphatic rings. The number of alkyl halides is 2. The van der Waals surface area contributed by atoms with Crippen LogP contribution in [0.4, 0.5) is 8.78 Å². The van der Waals surface area contributed by atoms with E-state index in [1.165, 1.54) is 17.4 Å². The number of fused-ring (bicyclic) bond motifs is 1. The molecule has 0 aliphatic heterocycles. The monoisotopic (exact) mass is 342 g/mol. The summed E-state index contributed by atoms with van der Waals surface area (Å²) < 4.78 is 27.1. The Morgan fingerprint density at radius 1 is 1.36 bits per heavy atom. The second-order valence-corrected chi connectivity index (χ2v) is 5.43. The van der Waals surface area contributed by atoms with E-state index >= 15 is 0 Å². The van der Waals surface area contributed by atoms with Gasteiger partial charge in [0.1, 0.15) is 0 Å². The van der Waals surface area contributed by atoms with Gasteiger partial charge in [-0.05, 0) is 34.7 Å². The first kappa shape index (κ1) is 10.6. The molecule has 0 N–H and O–H groups in total. The van der Waals surface area contributed by atoms with Gasteiger partial charge < -0.3 is 0 Å². The predicted octanol–water partition coefficient (Wildman–Crippen LogP) is 4.73. The summed E-state index contributed by atoms with van der Waals surface area (Å²) in [6.45, 7) is 0. The van der Waals surface area contributed by atoms with Crippen molar-refractivity contribution in [1.29, 1.82) is 0 Å². The molecule has 74 valence electrons. The molecule has 1 aromatic heterocycles. The van der Waals surface area contributed by atoms with Crippen LogP contribution < -0.4 is 0 Å². The zero-order valence-corrected chi connectivity index (χ0v) is 10.7. The molecule has 0 spiro atoms. The largest absolute Gasteiger partial charge is 0.264 e. The maximum Gasteiger partial charge on any atom is 0.264 e. The zero-order valence-electron chi connectivity index (χ0n) is 6.80. The first-order valence-corrected chi connectivity index (χ1v) is 6.18. The van der Waals surface area contributed by atoms with Crippen LogP contribution >= 0.6 is 46.6 Å². The maximum atomic E-state index is 12.7. The van der Waals surface area contributed by atoms with Gasteiger partial charge >= 0.3 is 0 Å². The Hall–Kier alpha value is 0.120. The first-order valence-electron chi connectivity index (χ1n) is 3.77. The van der Waals surface area contributed by atoms with Crippen molar-refractivity contribution in [1.82, 2.24) is 0 Å². The lowest BCUT2D eigenvalue weighted by Crippen LogP contribution is -1.86. The molecule has 2 aromatic rings. The van der Waals surface area contributed by atoms with Crippen LogP contribution in [0.2, 0.25) is 0 Å². The number of benzene rings is 1. The molecule has 0 saturated heterocycles. The van der Waals surface area contributed by atoms with E-state index in [1.54, 1.807) is 5.38 Å². The van der Waals surface area contributed by atoms with Crippen molar-refractivity contribution in [2.24, 2.45) is 0 Å². The van der Waals surface area contributed by atoms with Gasteiger partial charge in [0.15, 0.2) is 0 Å². The Bertz CT molecular complexity index is 479. The van der Waals surface area contributed by atoms with Crippen molar-refractivity contribution < 1.29 is 8.78 Å². The summed E-state index contributed by atoms with van der Waals surface area (Å²) in [5.74, 6) is 0. The minimum Gasteiger partial charge on any atom is -0.205 e. The van der Waals surface area contributed by atoms with Crippen LogP contribution in [-0.2, 0) is 0 Å². The van der Waals surface area contributed by atoms with Gasteiger partial charge in [0.05, 0.1) is 0 Å². The second-order valence-electron chi connectivity index (χ2n) is 2.79. The Kier molecular flexibility index (Phi) is 2.99. The fourth-order valence-corrected chi connectivity index (χ4v) is 3.56. The summed E-state index contributed by atoms with van der Waals surface area (Å²) in [6, 6.07) is 3.41. The van der Waals surface area contributed by atoms with E-state index in [2.05, 4.69) is 12.6 Å². The number of halogens is 3. The van der Waals surface area contributed by atoms with Crippen molar-refractivity contribution in [2.75, 3.05) is 0 Å². The molecular formula is C9H5F2IS2. The van der Waals surface area contributed by atoms with E-state index in [1.807, 2.05) is 28.7 Å². The normalized spacial score (nSPS) is 11.5. The van der Waals surface area contributed by atoms with Crippen molar-refractivity contribution in [3.8, 4) is 0 Å². The molecule has 0 saturated carbocycles. The van der Waals surface area contributed by atoms with Crippen LogP contribution in [0.3, 0.4) is 0 Å². The van der Waals surface area contributed by atoms with Gasteiger partial charge in [0, 0.05) is 29.5 Å². The lowest BCUT2D eigenvalue weighted by molar-refractivity contribution is 0.153. The fraction of sp³-hybridized carbons (Fsp3) is 0.111. The van der Waals surface area contributed by atoms with Gasteiger partial charge in [-0.3, -0.25) is 0 Å². The third-order valence-corrected chi connectivity index (χ3v) is 3.97. The van der Waals surface area contributed by atoms with Crippen LogP contribution in [0, 0.1) is 3.57 Å².